The number of anilines is 6. The van der Waals surface area contributed by atoms with Crippen LogP contribution in [0.25, 0.3) is 21.5 Å². The van der Waals surface area contributed by atoms with E-state index in [9.17, 15) is 0 Å². The fourth-order valence-electron chi connectivity index (χ4n) is 6.59. The van der Waals surface area contributed by atoms with Gasteiger partial charge in [0.2, 0.25) is 0 Å². The van der Waals surface area contributed by atoms with Crippen molar-refractivity contribution >= 4 is 55.7 Å². The molecule has 40 heavy (non-hydrogen) atoms. The van der Waals surface area contributed by atoms with Gasteiger partial charge >= 0.3 is 0 Å². The molecule has 0 fully saturated rings. The summed E-state index contributed by atoms with van der Waals surface area (Å²) in [5.41, 5.74) is 9.49. The van der Waals surface area contributed by atoms with Crippen molar-refractivity contribution in [3.63, 3.8) is 0 Å². The molecule has 3 aliphatic heterocycles. The Hall–Kier alpha value is -4.96. The lowest BCUT2D eigenvalue weighted by Crippen LogP contribution is -2.24. The second-order valence-electron chi connectivity index (χ2n) is 10.8. The van der Waals surface area contributed by atoms with Crippen LogP contribution in [0.3, 0.4) is 0 Å². The van der Waals surface area contributed by atoms with Gasteiger partial charge in [0, 0.05) is 24.2 Å². The van der Waals surface area contributed by atoms with Gasteiger partial charge in [-0.3, -0.25) is 0 Å². The fraction of sp³-hybridized carbons (Fsp3) is 0.111. The molecule has 0 saturated heterocycles. The van der Waals surface area contributed by atoms with Gasteiger partial charge in [-0.25, -0.2) is 0 Å². The lowest BCUT2D eigenvalue weighted by atomic mass is 9.98. The zero-order valence-corrected chi connectivity index (χ0v) is 21.9. The average molecular weight is 519 g/mol. The molecule has 0 atom stereocenters. The first kappa shape index (κ1) is 21.9. The Kier molecular flexibility index (Phi) is 4.53. The van der Waals surface area contributed by atoms with E-state index in [0.29, 0.717) is 0 Å². The van der Waals surface area contributed by atoms with Crippen molar-refractivity contribution in [3.8, 4) is 11.5 Å². The molecule has 9 rings (SSSR count). The topological polar surface area (TPSA) is 24.9 Å². The van der Waals surface area contributed by atoms with Crippen molar-refractivity contribution in [2.75, 3.05) is 23.0 Å². The molecule has 0 amide bonds. The van der Waals surface area contributed by atoms with Crippen LogP contribution in [0.5, 0.6) is 11.5 Å². The van der Waals surface area contributed by atoms with Gasteiger partial charge in [-0.2, -0.15) is 0 Å². The molecular formula is C36H26N2O2. The molecule has 4 nitrogen and oxygen atoms in total. The predicted octanol–water partition coefficient (Wildman–Crippen LogP) is 9.12. The first-order chi connectivity index (χ1) is 19.8. The molecule has 0 bridgehead atoms. The molecule has 0 radical (unpaired) electrons. The third kappa shape index (κ3) is 3.19. The highest BCUT2D eigenvalue weighted by atomic mass is 16.5. The number of ether oxygens (including phenoxy) is 2. The minimum atomic E-state index is 0.747. The highest BCUT2D eigenvalue weighted by Crippen LogP contribution is 2.56. The van der Waals surface area contributed by atoms with E-state index in [1.165, 1.54) is 32.7 Å². The second-order valence-corrected chi connectivity index (χ2v) is 10.8. The van der Waals surface area contributed by atoms with Gasteiger partial charge in [0.05, 0.1) is 36.0 Å². The number of nitrogens with zero attached hydrogens (tertiary/aromatic N) is 2. The van der Waals surface area contributed by atoms with E-state index >= 15 is 0 Å². The summed E-state index contributed by atoms with van der Waals surface area (Å²) in [5, 5.41) is 4.90. The second kappa shape index (κ2) is 8.27. The molecule has 0 spiro atoms. The maximum Gasteiger partial charge on any atom is 0.122 e. The summed E-state index contributed by atoms with van der Waals surface area (Å²) in [4.78, 5) is 4.88. The van der Waals surface area contributed by atoms with Gasteiger partial charge in [0.1, 0.15) is 11.5 Å². The Balaban J connectivity index is 1.37. The van der Waals surface area contributed by atoms with Crippen LogP contribution in [0.1, 0.15) is 11.1 Å². The van der Waals surface area contributed by atoms with E-state index in [-0.39, 0.29) is 0 Å². The minimum absolute atomic E-state index is 0.747. The van der Waals surface area contributed by atoms with Crippen molar-refractivity contribution in [1.82, 2.24) is 0 Å². The van der Waals surface area contributed by atoms with Gasteiger partial charge in [0.15, 0.2) is 0 Å². The summed E-state index contributed by atoms with van der Waals surface area (Å²) >= 11 is 0. The Labute approximate surface area is 232 Å². The molecule has 4 heteroatoms. The molecule has 3 aliphatic rings. The summed E-state index contributed by atoms with van der Waals surface area (Å²) in [5.74, 6) is 2.00. The lowest BCUT2D eigenvalue weighted by molar-refractivity contribution is 0.356. The molecule has 6 aromatic carbocycles. The van der Waals surface area contributed by atoms with Gasteiger partial charge in [-0.15, -0.1) is 0 Å². The van der Waals surface area contributed by atoms with Gasteiger partial charge in [0.25, 0.3) is 0 Å². The Morgan fingerprint density at radius 3 is 1.18 bits per heavy atom. The summed E-state index contributed by atoms with van der Waals surface area (Å²) in [6.07, 6.45) is 1.88. The predicted molar refractivity (Wildman–Crippen MR) is 163 cm³/mol. The summed E-state index contributed by atoms with van der Waals surface area (Å²) in [6.45, 7) is 1.49. The van der Waals surface area contributed by atoms with Crippen LogP contribution in [0.15, 0.2) is 109 Å². The van der Waals surface area contributed by atoms with Crippen LogP contribution in [-0.4, -0.2) is 13.2 Å². The normalized spacial score (nSPS) is 14.9. The quantitative estimate of drug-likeness (QED) is 0.228. The van der Waals surface area contributed by atoms with E-state index in [4.69, 9.17) is 9.47 Å². The zero-order valence-electron chi connectivity index (χ0n) is 21.9. The summed E-state index contributed by atoms with van der Waals surface area (Å²) < 4.78 is 11.7. The molecular weight excluding hydrogens is 492 g/mol. The maximum atomic E-state index is 5.87. The number of hydrogen-bond acceptors (Lipinski definition) is 4. The van der Waals surface area contributed by atoms with E-state index in [0.717, 1.165) is 71.7 Å². The van der Waals surface area contributed by atoms with Gasteiger partial charge in [-0.1, -0.05) is 48.5 Å². The van der Waals surface area contributed by atoms with Crippen LogP contribution < -0.4 is 19.3 Å². The largest absolute Gasteiger partial charge is 0.493 e. The minimum Gasteiger partial charge on any atom is -0.493 e. The van der Waals surface area contributed by atoms with Crippen LogP contribution in [-0.2, 0) is 12.8 Å². The van der Waals surface area contributed by atoms with Crippen LogP contribution in [0.4, 0.5) is 34.1 Å². The van der Waals surface area contributed by atoms with Crippen molar-refractivity contribution < 1.29 is 9.47 Å². The molecule has 0 aromatic heterocycles. The molecule has 192 valence electrons. The smallest absolute Gasteiger partial charge is 0.122 e. The molecule has 0 aliphatic carbocycles. The molecule has 3 heterocycles. The number of hydrogen-bond donors (Lipinski definition) is 0. The van der Waals surface area contributed by atoms with Gasteiger partial charge in [-0.05, 0) is 93.3 Å². The van der Waals surface area contributed by atoms with Crippen LogP contribution in [0, 0.1) is 0 Å². The first-order valence-electron chi connectivity index (χ1n) is 14.0. The van der Waals surface area contributed by atoms with Crippen molar-refractivity contribution in [3.05, 3.63) is 120 Å². The standard InChI is InChI=1S/C36H26N2O2/c1-2-6-24-20-32-31(19-23(24)5-1)37(29-9-11-35-27(17-29)13-15-39-35)33-21-25-7-3-4-8-26(25)22-34(33)38(32)30-10-12-36-28(18-30)14-16-40-36/h1-12,17-22H,13-16H2. The molecule has 0 saturated carbocycles. The average Bonchev–Trinajstić information content (AvgIpc) is 3.67. The third-order valence-corrected chi connectivity index (χ3v) is 8.51. The van der Waals surface area contributed by atoms with Gasteiger partial charge < -0.3 is 19.3 Å². The SMILES string of the molecule is c1ccc2cc3c(cc2c1)N(c1ccc2c(c1)CCO2)c1cc2ccccc2cc1N3c1ccc2c(c1)CCO2. The Morgan fingerprint density at radius 2 is 0.800 bits per heavy atom. The number of benzene rings is 6. The lowest BCUT2D eigenvalue weighted by Gasteiger charge is -2.41. The summed E-state index contributed by atoms with van der Waals surface area (Å²) in [7, 11) is 0. The Morgan fingerprint density at radius 1 is 0.425 bits per heavy atom. The highest BCUT2D eigenvalue weighted by Gasteiger charge is 2.32. The first-order valence-corrected chi connectivity index (χ1v) is 14.0. The van der Waals surface area contributed by atoms with Crippen molar-refractivity contribution in [2.24, 2.45) is 0 Å². The monoisotopic (exact) mass is 518 g/mol. The Bertz CT molecular complexity index is 1770. The van der Waals surface area contributed by atoms with Crippen molar-refractivity contribution in [2.45, 2.75) is 12.8 Å². The molecule has 0 unspecified atom stereocenters. The zero-order chi connectivity index (χ0) is 26.2. The highest BCUT2D eigenvalue weighted by molar-refractivity contribution is 6.09. The van der Waals surface area contributed by atoms with E-state index in [1.54, 1.807) is 0 Å². The van der Waals surface area contributed by atoms with Crippen LogP contribution in [0.2, 0.25) is 0 Å². The van der Waals surface area contributed by atoms with E-state index in [1.807, 2.05) is 0 Å². The maximum absolute atomic E-state index is 5.87. The number of rotatable bonds is 2. The summed E-state index contributed by atoms with van der Waals surface area (Å²) in [6, 6.07) is 39.9. The van der Waals surface area contributed by atoms with E-state index < -0.39 is 0 Å². The van der Waals surface area contributed by atoms with E-state index in [2.05, 4.69) is 119 Å². The molecule has 0 N–H and O–H groups in total. The third-order valence-electron chi connectivity index (χ3n) is 8.51. The van der Waals surface area contributed by atoms with Crippen LogP contribution >= 0.6 is 0 Å². The number of fused-ring (bicyclic) bond motifs is 6. The van der Waals surface area contributed by atoms with Crippen molar-refractivity contribution in [1.29, 1.82) is 0 Å². The molecule has 6 aromatic rings. The fourth-order valence-corrected chi connectivity index (χ4v) is 6.59.